The summed E-state index contributed by atoms with van der Waals surface area (Å²) in [6, 6.07) is 7.22. The van der Waals surface area contributed by atoms with Crippen LogP contribution in [0.4, 0.5) is 0 Å². The standard InChI is InChI=1S/C14H18N2O2/c1-4-16-12(17)9-10-7-5-6-8-11(10)13(16)14(18)15(2)3/h5-8,13H,4,9H2,1-3H3. The fourth-order valence-electron chi connectivity index (χ4n) is 2.41. The Hall–Kier alpha value is -1.84. The van der Waals surface area contributed by atoms with E-state index in [-0.39, 0.29) is 11.8 Å². The molecule has 1 aliphatic rings. The zero-order valence-corrected chi connectivity index (χ0v) is 11.0. The molecular weight excluding hydrogens is 228 g/mol. The van der Waals surface area contributed by atoms with Crippen molar-refractivity contribution in [2.45, 2.75) is 19.4 Å². The summed E-state index contributed by atoms with van der Waals surface area (Å²) in [6.45, 7) is 2.46. The summed E-state index contributed by atoms with van der Waals surface area (Å²) in [5.74, 6) is -0.0197. The fraction of sp³-hybridized carbons (Fsp3) is 0.429. The number of rotatable bonds is 2. The Bertz CT molecular complexity index is 482. The van der Waals surface area contributed by atoms with E-state index in [9.17, 15) is 9.59 Å². The lowest BCUT2D eigenvalue weighted by Gasteiger charge is -2.36. The van der Waals surface area contributed by atoms with Crippen molar-refractivity contribution in [2.75, 3.05) is 20.6 Å². The zero-order valence-electron chi connectivity index (χ0n) is 11.0. The lowest BCUT2D eigenvalue weighted by molar-refractivity contribution is -0.145. The molecule has 1 aromatic carbocycles. The predicted octanol–water partition coefficient (Wildman–Crippen LogP) is 1.22. The molecule has 1 heterocycles. The molecule has 1 atom stereocenters. The Morgan fingerprint density at radius 1 is 1.39 bits per heavy atom. The van der Waals surface area contributed by atoms with Gasteiger partial charge in [0.25, 0.3) is 0 Å². The zero-order chi connectivity index (χ0) is 13.3. The Labute approximate surface area is 107 Å². The molecule has 0 aromatic heterocycles. The largest absolute Gasteiger partial charge is 0.347 e. The molecule has 1 unspecified atom stereocenters. The van der Waals surface area contributed by atoms with Crippen LogP contribution in [0.25, 0.3) is 0 Å². The first-order valence-electron chi connectivity index (χ1n) is 6.14. The van der Waals surface area contributed by atoms with Gasteiger partial charge in [0.05, 0.1) is 6.42 Å². The third kappa shape index (κ3) is 1.98. The van der Waals surface area contributed by atoms with E-state index in [1.165, 1.54) is 0 Å². The highest BCUT2D eigenvalue weighted by Crippen LogP contribution is 2.31. The van der Waals surface area contributed by atoms with Crippen molar-refractivity contribution in [3.05, 3.63) is 35.4 Å². The number of benzene rings is 1. The maximum absolute atomic E-state index is 12.3. The van der Waals surface area contributed by atoms with Crippen molar-refractivity contribution in [1.82, 2.24) is 9.80 Å². The second kappa shape index (κ2) is 4.80. The van der Waals surface area contributed by atoms with Gasteiger partial charge in [-0.25, -0.2) is 0 Å². The van der Waals surface area contributed by atoms with E-state index in [0.29, 0.717) is 13.0 Å². The van der Waals surface area contributed by atoms with Crippen molar-refractivity contribution in [3.8, 4) is 0 Å². The quantitative estimate of drug-likeness (QED) is 0.787. The summed E-state index contributed by atoms with van der Waals surface area (Å²) in [4.78, 5) is 27.6. The number of hydrogen-bond acceptors (Lipinski definition) is 2. The van der Waals surface area contributed by atoms with Gasteiger partial charge in [-0.2, -0.15) is 0 Å². The molecule has 0 aliphatic carbocycles. The Kier molecular flexibility index (Phi) is 3.36. The molecule has 2 rings (SSSR count). The van der Waals surface area contributed by atoms with Gasteiger partial charge >= 0.3 is 0 Å². The van der Waals surface area contributed by atoms with Crippen molar-refractivity contribution >= 4 is 11.8 Å². The minimum atomic E-state index is -0.470. The highest BCUT2D eigenvalue weighted by Gasteiger charge is 2.36. The maximum atomic E-state index is 12.3. The first kappa shape index (κ1) is 12.6. The molecule has 4 nitrogen and oxygen atoms in total. The van der Waals surface area contributed by atoms with Crippen LogP contribution < -0.4 is 0 Å². The Balaban J connectivity index is 2.50. The summed E-state index contributed by atoms with van der Waals surface area (Å²) in [5.41, 5.74) is 1.92. The van der Waals surface area contributed by atoms with E-state index in [2.05, 4.69) is 0 Å². The molecule has 0 N–H and O–H groups in total. The van der Waals surface area contributed by atoms with Crippen LogP contribution in [0.5, 0.6) is 0 Å². The second-order valence-corrected chi connectivity index (χ2v) is 4.69. The van der Waals surface area contributed by atoms with E-state index in [4.69, 9.17) is 0 Å². The molecule has 0 saturated heterocycles. The van der Waals surface area contributed by atoms with Crippen LogP contribution in [-0.4, -0.2) is 42.3 Å². The average molecular weight is 246 g/mol. The topological polar surface area (TPSA) is 40.6 Å². The molecule has 0 radical (unpaired) electrons. The van der Waals surface area contributed by atoms with Crippen LogP contribution in [0.15, 0.2) is 24.3 Å². The summed E-state index contributed by atoms with van der Waals surface area (Å²) >= 11 is 0. The summed E-state index contributed by atoms with van der Waals surface area (Å²) in [6.07, 6.45) is 0.390. The van der Waals surface area contributed by atoms with Crippen LogP contribution >= 0.6 is 0 Å². The molecule has 2 amide bonds. The second-order valence-electron chi connectivity index (χ2n) is 4.69. The van der Waals surface area contributed by atoms with Gasteiger partial charge in [-0.1, -0.05) is 24.3 Å². The molecule has 1 aliphatic heterocycles. The maximum Gasteiger partial charge on any atom is 0.249 e. The normalized spacial score (nSPS) is 18.5. The lowest BCUT2D eigenvalue weighted by Crippen LogP contribution is -2.46. The summed E-state index contributed by atoms with van der Waals surface area (Å²) in [5, 5.41) is 0. The van der Waals surface area contributed by atoms with Crippen molar-refractivity contribution in [2.24, 2.45) is 0 Å². The van der Waals surface area contributed by atoms with E-state index in [0.717, 1.165) is 11.1 Å². The number of hydrogen-bond donors (Lipinski definition) is 0. The lowest BCUT2D eigenvalue weighted by atomic mass is 9.91. The number of amides is 2. The van der Waals surface area contributed by atoms with Crippen LogP contribution in [0.2, 0.25) is 0 Å². The number of likely N-dealkylation sites (N-methyl/N-ethyl adjacent to an activating group) is 2. The molecule has 0 saturated carbocycles. The molecule has 0 bridgehead atoms. The van der Waals surface area contributed by atoms with Gasteiger partial charge in [-0.15, -0.1) is 0 Å². The fourth-order valence-corrected chi connectivity index (χ4v) is 2.41. The summed E-state index contributed by atoms with van der Waals surface area (Å²) in [7, 11) is 3.44. The molecule has 4 heteroatoms. The molecule has 18 heavy (non-hydrogen) atoms. The van der Waals surface area contributed by atoms with Gasteiger partial charge < -0.3 is 9.80 Å². The molecule has 0 spiro atoms. The minimum absolute atomic E-state index is 0.0244. The third-order valence-electron chi connectivity index (χ3n) is 3.34. The van der Waals surface area contributed by atoms with E-state index >= 15 is 0 Å². The van der Waals surface area contributed by atoms with Crippen molar-refractivity contribution < 1.29 is 9.59 Å². The number of carbonyl (C=O) groups is 2. The molecule has 0 fully saturated rings. The van der Waals surface area contributed by atoms with Crippen molar-refractivity contribution in [3.63, 3.8) is 0 Å². The van der Waals surface area contributed by atoms with Gasteiger partial charge in [0.1, 0.15) is 6.04 Å². The van der Waals surface area contributed by atoms with Gasteiger partial charge in [0, 0.05) is 20.6 Å². The molecule has 96 valence electrons. The SMILES string of the molecule is CCN1C(=O)Cc2ccccc2C1C(=O)N(C)C. The number of nitrogens with zero attached hydrogens (tertiary/aromatic N) is 2. The van der Waals surface area contributed by atoms with Gasteiger partial charge in [0.2, 0.25) is 11.8 Å². The van der Waals surface area contributed by atoms with E-state index in [1.54, 1.807) is 23.9 Å². The van der Waals surface area contributed by atoms with E-state index in [1.807, 2.05) is 31.2 Å². The highest BCUT2D eigenvalue weighted by molar-refractivity contribution is 5.92. The van der Waals surface area contributed by atoms with Crippen LogP contribution in [0.1, 0.15) is 24.1 Å². The summed E-state index contributed by atoms with van der Waals surface area (Å²) < 4.78 is 0. The van der Waals surface area contributed by atoms with Crippen LogP contribution in [0, 0.1) is 0 Å². The number of carbonyl (C=O) groups excluding carboxylic acids is 2. The number of fused-ring (bicyclic) bond motifs is 1. The van der Waals surface area contributed by atoms with Crippen molar-refractivity contribution in [1.29, 1.82) is 0 Å². The first-order valence-corrected chi connectivity index (χ1v) is 6.14. The molecule has 1 aromatic rings. The minimum Gasteiger partial charge on any atom is -0.347 e. The monoisotopic (exact) mass is 246 g/mol. The third-order valence-corrected chi connectivity index (χ3v) is 3.34. The van der Waals surface area contributed by atoms with E-state index < -0.39 is 6.04 Å². The van der Waals surface area contributed by atoms with Crippen LogP contribution in [0.3, 0.4) is 0 Å². The van der Waals surface area contributed by atoms with Gasteiger partial charge in [-0.3, -0.25) is 9.59 Å². The highest BCUT2D eigenvalue weighted by atomic mass is 16.2. The predicted molar refractivity (Wildman–Crippen MR) is 69.0 cm³/mol. The van der Waals surface area contributed by atoms with Gasteiger partial charge in [-0.05, 0) is 18.1 Å². The average Bonchev–Trinajstić information content (AvgIpc) is 2.36. The van der Waals surface area contributed by atoms with Crippen LogP contribution in [-0.2, 0) is 16.0 Å². The first-order chi connectivity index (χ1) is 8.56. The Morgan fingerprint density at radius 2 is 2.06 bits per heavy atom. The Morgan fingerprint density at radius 3 is 2.67 bits per heavy atom. The molecular formula is C14H18N2O2. The smallest absolute Gasteiger partial charge is 0.249 e. The van der Waals surface area contributed by atoms with Gasteiger partial charge in [0.15, 0.2) is 0 Å².